The molecule has 2 rings (SSSR count). The topological polar surface area (TPSA) is 44.4 Å². The molecule has 2 saturated heterocycles. The molecule has 8 heteroatoms. The van der Waals surface area contributed by atoms with Gasteiger partial charge in [-0.1, -0.05) is 0 Å². The molecule has 2 aliphatic heterocycles. The number of hydrogen-bond acceptors (Lipinski definition) is 3. The normalized spacial score (nSPS) is 22.6. The first-order valence-corrected chi connectivity index (χ1v) is 6.65. The van der Waals surface area contributed by atoms with Gasteiger partial charge in [0.2, 0.25) is 5.91 Å². The Labute approximate surface area is 122 Å². The highest BCUT2D eigenvalue weighted by molar-refractivity contribution is 5.85. The summed E-state index contributed by atoms with van der Waals surface area (Å²) < 4.78 is 35.9. The second kappa shape index (κ2) is 6.95. The van der Waals surface area contributed by atoms with Crippen LogP contribution in [0.1, 0.15) is 19.3 Å². The van der Waals surface area contributed by atoms with E-state index in [4.69, 9.17) is 0 Å². The van der Waals surface area contributed by atoms with E-state index in [1.807, 2.05) is 10.2 Å². The van der Waals surface area contributed by atoms with E-state index in [0.717, 1.165) is 45.4 Å². The second-order valence-corrected chi connectivity index (χ2v) is 5.60. The molecular weight excluding hydrogens is 295 g/mol. The number of amides is 1. The lowest BCUT2D eigenvalue weighted by Gasteiger charge is -2.33. The number of likely N-dealkylation sites (tertiary alicyclic amines) is 1. The zero-order valence-electron chi connectivity index (χ0n) is 11.3. The van der Waals surface area contributed by atoms with Gasteiger partial charge in [0.15, 0.2) is 0 Å². The largest absolute Gasteiger partial charge is 0.405 e. The van der Waals surface area contributed by atoms with Gasteiger partial charge >= 0.3 is 6.18 Å². The lowest BCUT2D eigenvalue weighted by atomic mass is 9.78. The van der Waals surface area contributed by atoms with Crippen LogP contribution in [0.4, 0.5) is 13.2 Å². The molecule has 0 unspecified atom stereocenters. The van der Waals surface area contributed by atoms with E-state index < -0.39 is 18.6 Å². The van der Waals surface area contributed by atoms with Crippen LogP contribution in [-0.2, 0) is 4.79 Å². The van der Waals surface area contributed by atoms with Gasteiger partial charge in [-0.15, -0.1) is 12.4 Å². The Hall–Kier alpha value is -0.530. The molecule has 1 amide bonds. The fourth-order valence-corrected chi connectivity index (χ4v) is 2.99. The molecule has 2 N–H and O–H groups in total. The van der Waals surface area contributed by atoms with Gasteiger partial charge in [0.1, 0.15) is 6.54 Å². The van der Waals surface area contributed by atoms with Gasteiger partial charge in [0.05, 0.1) is 6.54 Å². The van der Waals surface area contributed by atoms with Crippen LogP contribution in [0.3, 0.4) is 0 Å². The van der Waals surface area contributed by atoms with Gasteiger partial charge in [0, 0.05) is 6.54 Å². The molecule has 0 atom stereocenters. The highest BCUT2D eigenvalue weighted by Crippen LogP contribution is 2.38. The zero-order valence-corrected chi connectivity index (χ0v) is 12.1. The Morgan fingerprint density at radius 2 is 1.90 bits per heavy atom. The Morgan fingerprint density at radius 1 is 1.25 bits per heavy atom. The van der Waals surface area contributed by atoms with Crippen molar-refractivity contribution in [3.8, 4) is 0 Å². The van der Waals surface area contributed by atoms with Crippen molar-refractivity contribution in [1.82, 2.24) is 15.5 Å². The minimum Gasteiger partial charge on any atom is -0.346 e. The maximum Gasteiger partial charge on any atom is 0.405 e. The lowest BCUT2D eigenvalue weighted by molar-refractivity contribution is -0.139. The van der Waals surface area contributed by atoms with Gasteiger partial charge < -0.3 is 10.6 Å². The maximum absolute atomic E-state index is 12.0. The molecule has 1 spiro atoms. The van der Waals surface area contributed by atoms with E-state index in [1.165, 1.54) is 0 Å². The predicted molar refractivity (Wildman–Crippen MR) is 71.9 cm³/mol. The molecule has 4 nitrogen and oxygen atoms in total. The Kier molecular flexibility index (Phi) is 6.09. The molecule has 0 bridgehead atoms. The second-order valence-electron chi connectivity index (χ2n) is 5.60. The molecular formula is C12H21ClF3N3O. The molecule has 0 aromatic carbocycles. The summed E-state index contributed by atoms with van der Waals surface area (Å²) >= 11 is 0. The number of piperidine rings is 1. The highest BCUT2D eigenvalue weighted by atomic mass is 35.5. The number of alkyl halides is 3. The fourth-order valence-electron chi connectivity index (χ4n) is 2.99. The van der Waals surface area contributed by atoms with Crippen LogP contribution >= 0.6 is 12.4 Å². The van der Waals surface area contributed by atoms with Gasteiger partial charge in [-0.2, -0.15) is 13.2 Å². The van der Waals surface area contributed by atoms with Gasteiger partial charge in [-0.3, -0.25) is 9.69 Å². The quantitative estimate of drug-likeness (QED) is 0.821. The highest BCUT2D eigenvalue weighted by Gasteiger charge is 2.39. The first kappa shape index (κ1) is 17.5. The minimum atomic E-state index is -4.34. The Morgan fingerprint density at radius 3 is 2.50 bits per heavy atom. The summed E-state index contributed by atoms with van der Waals surface area (Å²) in [5.41, 5.74) is 0.273. The van der Waals surface area contributed by atoms with Crippen LogP contribution in [0.15, 0.2) is 0 Å². The van der Waals surface area contributed by atoms with Crippen LogP contribution < -0.4 is 10.6 Å². The van der Waals surface area contributed by atoms with Crippen LogP contribution in [-0.4, -0.2) is 56.3 Å². The van der Waals surface area contributed by atoms with Crippen molar-refractivity contribution in [1.29, 1.82) is 0 Å². The van der Waals surface area contributed by atoms with Gasteiger partial charge in [-0.05, 0) is 44.3 Å². The zero-order chi connectivity index (χ0) is 13.9. The van der Waals surface area contributed by atoms with Crippen molar-refractivity contribution in [2.75, 3.05) is 39.3 Å². The molecule has 0 aromatic heterocycles. The molecule has 20 heavy (non-hydrogen) atoms. The number of hydrogen-bond donors (Lipinski definition) is 2. The number of nitrogens with zero attached hydrogens (tertiary/aromatic N) is 1. The molecule has 118 valence electrons. The third kappa shape index (κ3) is 5.10. The average Bonchev–Trinajstić information content (AvgIpc) is 2.70. The molecule has 0 saturated carbocycles. The monoisotopic (exact) mass is 315 g/mol. The minimum absolute atomic E-state index is 0. The maximum atomic E-state index is 12.0. The Balaban J connectivity index is 0.00000200. The van der Waals surface area contributed by atoms with Crippen molar-refractivity contribution in [3.63, 3.8) is 0 Å². The number of carbonyl (C=O) groups is 1. The Bertz CT molecular complexity index is 332. The summed E-state index contributed by atoms with van der Waals surface area (Å²) in [7, 11) is 0. The van der Waals surface area contributed by atoms with Crippen LogP contribution in [0.5, 0.6) is 0 Å². The number of rotatable bonds is 3. The number of carbonyl (C=O) groups excluding carboxylic acids is 1. The van der Waals surface area contributed by atoms with E-state index in [1.54, 1.807) is 0 Å². The van der Waals surface area contributed by atoms with E-state index in [2.05, 4.69) is 5.32 Å². The summed E-state index contributed by atoms with van der Waals surface area (Å²) in [6.45, 7) is 2.45. The van der Waals surface area contributed by atoms with Crippen molar-refractivity contribution in [2.24, 2.45) is 5.41 Å². The molecule has 0 aromatic rings. The first-order chi connectivity index (χ1) is 8.89. The summed E-state index contributed by atoms with van der Waals surface area (Å²) in [5, 5.41) is 5.23. The third-order valence-corrected chi connectivity index (χ3v) is 4.03. The van der Waals surface area contributed by atoms with Gasteiger partial charge in [-0.25, -0.2) is 0 Å². The first-order valence-electron chi connectivity index (χ1n) is 6.65. The van der Waals surface area contributed by atoms with Crippen molar-refractivity contribution in [3.05, 3.63) is 0 Å². The molecule has 0 radical (unpaired) electrons. The molecule has 2 heterocycles. The van der Waals surface area contributed by atoms with Crippen LogP contribution in [0.25, 0.3) is 0 Å². The summed E-state index contributed by atoms with van der Waals surface area (Å²) in [6.07, 6.45) is -1.11. The summed E-state index contributed by atoms with van der Waals surface area (Å²) in [6, 6.07) is 0. The van der Waals surface area contributed by atoms with Crippen molar-refractivity contribution in [2.45, 2.75) is 25.4 Å². The van der Waals surface area contributed by atoms with E-state index in [-0.39, 0.29) is 24.4 Å². The average molecular weight is 316 g/mol. The molecule has 2 aliphatic rings. The molecule has 0 aliphatic carbocycles. The third-order valence-electron chi connectivity index (χ3n) is 4.03. The lowest BCUT2D eigenvalue weighted by Crippen LogP contribution is -2.42. The number of halogens is 4. The SMILES string of the molecule is Cl.O=C(CN1CCC2(CCNCC2)C1)NCC(F)(F)F. The fraction of sp³-hybridized carbons (Fsp3) is 0.917. The van der Waals surface area contributed by atoms with E-state index in [0.29, 0.717) is 0 Å². The smallest absolute Gasteiger partial charge is 0.346 e. The van der Waals surface area contributed by atoms with E-state index >= 15 is 0 Å². The summed E-state index contributed by atoms with van der Waals surface area (Å²) in [4.78, 5) is 13.4. The van der Waals surface area contributed by atoms with Gasteiger partial charge in [0.25, 0.3) is 0 Å². The summed E-state index contributed by atoms with van der Waals surface area (Å²) in [5.74, 6) is -0.539. The van der Waals surface area contributed by atoms with Crippen molar-refractivity contribution >= 4 is 18.3 Å². The van der Waals surface area contributed by atoms with E-state index in [9.17, 15) is 18.0 Å². The van der Waals surface area contributed by atoms with Crippen LogP contribution in [0.2, 0.25) is 0 Å². The molecule has 2 fully saturated rings. The van der Waals surface area contributed by atoms with Crippen LogP contribution in [0, 0.1) is 5.41 Å². The predicted octanol–water partition coefficient (Wildman–Crippen LogP) is 1.16. The van der Waals surface area contributed by atoms with Crippen molar-refractivity contribution < 1.29 is 18.0 Å². The standard InChI is InChI=1S/C12H20F3N3O.ClH/c13-12(14,15)8-17-10(19)7-18-6-3-11(9-18)1-4-16-5-2-11;/h16H,1-9H2,(H,17,19);1H. The number of nitrogens with one attached hydrogen (secondary N) is 2.